The number of alkyl halides is 2. The molecule has 4 aromatic rings. The van der Waals surface area contributed by atoms with Crippen molar-refractivity contribution in [1.29, 1.82) is 0 Å². The Morgan fingerprint density at radius 3 is 2.67 bits per heavy atom. The molecule has 0 aliphatic carbocycles. The number of aliphatic hydroxyl groups is 1. The van der Waals surface area contributed by atoms with Gasteiger partial charge in [-0.2, -0.15) is 0 Å². The second-order valence-electron chi connectivity index (χ2n) is 8.94. The molecule has 200 valence electrons. The first-order valence-electron chi connectivity index (χ1n) is 12.4. The number of amides is 1. The quantitative estimate of drug-likeness (QED) is 0.229. The van der Waals surface area contributed by atoms with E-state index in [9.17, 15) is 13.6 Å². The third kappa shape index (κ3) is 5.69. The number of carbonyl (C=O) groups excluding carboxylic acids is 1. The number of anilines is 4. The average molecular weight is 532 g/mol. The van der Waals surface area contributed by atoms with Crippen molar-refractivity contribution in [2.75, 3.05) is 41.8 Å². The van der Waals surface area contributed by atoms with Gasteiger partial charge in [-0.3, -0.25) is 14.7 Å². The number of β-amino-alcohol motifs (C(OH)–C–C–N with tert-alkyl or cyclic N) is 1. The number of nitrogens with zero attached hydrogens (tertiary/aromatic N) is 5. The van der Waals surface area contributed by atoms with Gasteiger partial charge in [0, 0.05) is 60.0 Å². The average Bonchev–Trinajstić information content (AvgIpc) is 2.96. The molecule has 2 aromatic carbocycles. The van der Waals surface area contributed by atoms with Gasteiger partial charge in [0.25, 0.3) is 0 Å². The molecule has 0 spiro atoms. The summed E-state index contributed by atoms with van der Waals surface area (Å²) in [6.07, 6.45) is 0.923. The number of halogens is 2. The van der Waals surface area contributed by atoms with Crippen LogP contribution in [0, 0.1) is 0 Å². The summed E-state index contributed by atoms with van der Waals surface area (Å²) in [4.78, 5) is 28.0. The molecule has 3 heterocycles. The summed E-state index contributed by atoms with van der Waals surface area (Å²) in [6.45, 7) is 3.96. The van der Waals surface area contributed by atoms with E-state index in [4.69, 9.17) is 5.11 Å². The summed E-state index contributed by atoms with van der Waals surface area (Å²) >= 11 is 0. The molecular weight excluding hydrogens is 504 g/mol. The number of hydrogen-bond donors (Lipinski definition) is 3. The number of pyridine rings is 1. The Hall–Kier alpha value is -4.48. The van der Waals surface area contributed by atoms with Crippen molar-refractivity contribution in [1.82, 2.24) is 19.9 Å². The SMILES string of the molecule is C=CC(=O)Nc1cccc(-c2nccc3cnc(Nc4ccc(N5CCN(CCO)C(F)C5F)cc4)nc23)c1. The maximum Gasteiger partial charge on any atom is 0.247 e. The number of piperazine rings is 1. The van der Waals surface area contributed by atoms with Crippen molar-refractivity contribution in [2.24, 2.45) is 0 Å². The number of hydrogen-bond acceptors (Lipinski definition) is 8. The minimum absolute atomic E-state index is 0.0958. The minimum atomic E-state index is -1.83. The van der Waals surface area contributed by atoms with Crippen LogP contribution in [0.2, 0.25) is 0 Å². The Bertz CT molecular complexity index is 1480. The largest absolute Gasteiger partial charge is 0.395 e. The molecule has 1 fully saturated rings. The van der Waals surface area contributed by atoms with Gasteiger partial charge in [-0.05, 0) is 48.5 Å². The molecule has 0 bridgehead atoms. The molecule has 1 amide bonds. The summed E-state index contributed by atoms with van der Waals surface area (Å²) in [5.74, 6) is 0.0267. The first-order chi connectivity index (χ1) is 19.0. The first-order valence-corrected chi connectivity index (χ1v) is 12.4. The highest BCUT2D eigenvalue weighted by atomic mass is 19.2. The molecule has 2 unspecified atom stereocenters. The van der Waals surface area contributed by atoms with Crippen LogP contribution in [-0.4, -0.2) is 69.7 Å². The van der Waals surface area contributed by atoms with Gasteiger partial charge in [-0.1, -0.05) is 18.7 Å². The van der Waals surface area contributed by atoms with Crippen LogP contribution in [0.5, 0.6) is 0 Å². The third-order valence-corrected chi connectivity index (χ3v) is 6.43. The molecule has 3 N–H and O–H groups in total. The maximum absolute atomic E-state index is 14.7. The van der Waals surface area contributed by atoms with E-state index in [1.165, 1.54) is 15.9 Å². The van der Waals surface area contributed by atoms with E-state index in [2.05, 4.69) is 32.2 Å². The topological polar surface area (TPSA) is 107 Å². The molecule has 0 radical (unpaired) electrons. The van der Waals surface area contributed by atoms with Gasteiger partial charge < -0.3 is 20.6 Å². The van der Waals surface area contributed by atoms with E-state index in [1.807, 2.05) is 18.2 Å². The Morgan fingerprint density at radius 2 is 1.90 bits per heavy atom. The predicted molar refractivity (Wildman–Crippen MR) is 147 cm³/mol. The van der Waals surface area contributed by atoms with Gasteiger partial charge in [0.05, 0.1) is 12.3 Å². The summed E-state index contributed by atoms with van der Waals surface area (Å²) < 4.78 is 29.2. The van der Waals surface area contributed by atoms with E-state index in [0.29, 0.717) is 47.3 Å². The number of benzene rings is 2. The molecular formula is C28H27F2N7O2. The van der Waals surface area contributed by atoms with E-state index in [-0.39, 0.29) is 19.1 Å². The molecule has 1 aliphatic rings. The fourth-order valence-electron chi connectivity index (χ4n) is 4.47. The molecule has 0 saturated carbocycles. The summed E-state index contributed by atoms with van der Waals surface area (Å²) in [6, 6.07) is 16.0. The Balaban J connectivity index is 1.36. The first kappa shape index (κ1) is 26.1. The second kappa shape index (κ2) is 11.5. The molecule has 2 aromatic heterocycles. The van der Waals surface area contributed by atoms with Crippen LogP contribution >= 0.6 is 0 Å². The van der Waals surface area contributed by atoms with Crippen molar-refractivity contribution >= 4 is 39.8 Å². The fraction of sp³-hybridized carbons (Fsp3) is 0.214. The van der Waals surface area contributed by atoms with Crippen molar-refractivity contribution in [2.45, 2.75) is 12.6 Å². The molecule has 39 heavy (non-hydrogen) atoms. The lowest BCUT2D eigenvalue weighted by Crippen LogP contribution is -2.56. The molecule has 5 rings (SSSR count). The zero-order valence-electron chi connectivity index (χ0n) is 21.0. The number of aromatic nitrogens is 3. The van der Waals surface area contributed by atoms with Crippen LogP contribution in [0.3, 0.4) is 0 Å². The number of fused-ring (bicyclic) bond motifs is 1. The summed E-state index contributed by atoms with van der Waals surface area (Å²) in [7, 11) is 0. The van der Waals surface area contributed by atoms with Gasteiger partial charge in [0.2, 0.25) is 24.4 Å². The lowest BCUT2D eigenvalue weighted by atomic mass is 10.1. The maximum atomic E-state index is 14.7. The summed E-state index contributed by atoms with van der Waals surface area (Å²) in [5, 5.41) is 15.7. The van der Waals surface area contributed by atoms with Gasteiger partial charge in [-0.15, -0.1) is 0 Å². The third-order valence-electron chi connectivity index (χ3n) is 6.43. The molecule has 1 saturated heterocycles. The van der Waals surface area contributed by atoms with E-state index >= 15 is 0 Å². The zero-order valence-corrected chi connectivity index (χ0v) is 21.0. The second-order valence-corrected chi connectivity index (χ2v) is 8.94. The number of rotatable bonds is 8. The van der Waals surface area contributed by atoms with Gasteiger partial charge in [0.1, 0.15) is 5.52 Å². The Labute approximate surface area is 223 Å². The molecule has 9 nitrogen and oxygen atoms in total. The molecule has 1 aliphatic heterocycles. The Morgan fingerprint density at radius 1 is 1.08 bits per heavy atom. The van der Waals surface area contributed by atoms with Crippen LogP contribution in [0.15, 0.2) is 79.6 Å². The highest BCUT2D eigenvalue weighted by molar-refractivity contribution is 5.99. The number of carbonyl (C=O) groups is 1. The van der Waals surface area contributed by atoms with E-state index in [0.717, 1.165) is 10.9 Å². The molecule has 2 atom stereocenters. The van der Waals surface area contributed by atoms with Crippen molar-refractivity contribution in [3.8, 4) is 11.3 Å². The van der Waals surface area contributed by atoms with Crippen LogP contribution in [0.25, 0.3) is 22.2 Å². The van der Waals surface area contributed by atoms with Crippen molar-refractivity contribution < 1.29 is 18.7 Å². The van der Waals surface area contributed by atoms with Gasteiger partial charge >= 0.3 is 0 Å². The fourth-order valence-corrected chi connectivity index (χ4v) is 4.47. The highest BCUT2D eigenvalue weighted by Crippen LogP contribution is 2.30. The monoisotopic (exact) mass is 531 g/mol. The van der Waals surface area contributed by atoms with Gasteiger partial charge in [0.15, 0.2) is 0 Å². The lowest BCUT2D eigenvalue weighted by molar-refractivity contribution is -0.111. The Kier molecular flexibility index (Phi) is 7.71. The van der Waals surface area contributed by atoms with Crippen LogP contribution in [0.1, 0.15) is 0 Å². The molecule has 11 heteroatoms. The lowest BCUT2D eigenvalue weighted by Gasteiger charge is -2.41. The van der Waals surface area contributed by atoms with Crippen LogP contribution < -0.4 is 15.5 Å². The number of aliphatic hydroxyl groups excluding tert-OH is 1. The predicted octanol–water partition coefficient (Wildman–Crippen LogP) is 4.27. The number of nitrogens with one attached hydrogen (secondary N) is 2. The van der Waals surface area contributed by atoms with Gasteiger partial charge in [-0.25, -0.2) is 18.7 Å². The minimum Gasteiger partial charge on any atom is -0.395 e. The highest BCUT2D eigenvalue weighted by Gasteiger charge is 2.36. The normalized spacial score (nSPS) is 17.7. The summed E-state index contributed by atoms with van der Waals surface area (Å²) in [5.41, 5.74) is 3.83. The van der Waals surface area contributed by atoms with E-state index in [1.54, 1.807) is 48.8 Å². The smallest absolute Gasteiger partial charge is 0.247 e. The van der Waals surface area contributed by atoms with E-state index < -0.39 is 12.6 Å². The van der Waals surface area contributed by atoms with Crippen LogP contribution in [0.4, 0.5) is 31.8 Å². The van der Waals surface area contributed by atoms with Crippen molar-refractivity contribution in [3.63, 3.8) is 0 Å². The van der Waals surface area contributed by atoms with Crippen molar-refractivity contribution in [3.05, 3.63) is 79.6 Å². The standard InChI is InChI=1S/C28H27F2N7O2/c1-2-23(39)33-21-5-3-4-18(16-21)24-25-19(10-11-31-24)17-32-28(35-25)34-20-6-8-22(9-7-20)37-13-12-36(14-15-38)26(29)27(37)30/h2-11,16-17,26-27,38H,1,12-15H2,(H,33,39)(H,32,34,35). The zero-order chi connectivity index (χ0) is 27.4. The van der Waals surface area contributed by atoms with Crippen LogP contribution in [-0.2, 0) is 4.79 Å².